The smallest absolute Gasteiger partial charge is 0.465 e. The van der Waals surface area contributed by atoms with Crippen LogP contribution in [0, 0.1) is 0 Å². The number of amides is 1. The van der Waals surface area contributed by atoms with Crippen molar-refractivity contribution in [3.05, 3.63) is 23.2 Å². The van der Waals surface area contributed by atoms with E-state index >= 15 is 0 Å². The van der Waals surface area contributed by atoms with Crippen molar-refractivity contribution < 1.29 is 19.2 Å². The number of carbonyl (C=O) groups is 1. The van der Waals surface area contributed by atoms with Crippen molar-refractivity contribution in [1.29, 1.82) is 0 Å². The van der Waals surface area contributed by atoms with E-state index in [-0.39, 0.29) is 0 Å². The number of hydrogen-bond donors (Lipinski definition) is 2. The van der Waals surface area contributed by atoms with E-state index in [4.69, 9.17) is 26.0 Å². The zero-order chi connectivity index (χ0) is 17.0. The van der Waals surface area contributed by atoms with E-state index in [2.05, 4.69) is 5.32 Å². The Balaban J connectivity index is 2.08. The van der Waals surface area contributed by atoms with Gasteiger partial charge in [0.1, 0.15) is 0 Å². The van der Waals surface area contributed by atoms with E-state index in [1.54, 1.807) is 12.1 Å². The molecule has 1 aliphatic rings. The normalized spacial score (nSPS) is 19.3. The number of hydrogen-bond acceptors (Lipinski definition) is 4. The van der Waals surface area contributed by atoms with Gasteiger partial charge in [0, 0.05) is 15.2 Å². The molecule has 0 saturated carbocycles. The van der Waals surface area contributed by atoms with E-state index in [0.29, 0.717) is 10.0 Å². The van der Waals surface area contributed by atoms with Crippen LogP contribution >= 0.6 is 22.9 Å². The molecule has 0 spiro atoms. The third-order valence-corrected chi connectivity index (χ3v) is 5.75. The first-order valence-electron chi connectivity index (χ1n) is 7.18. The van der Waals surface area contributed by atoms with Crippen molar-refractivity contribution in [3.8, 4) is 0 Å². The third-order valence-electron chi connectivity index (χ3n) is 4.41. The first-order valence-corrected chi connectivity index (χ1v) is 8.38. The average Bonchev–Trinajstić information content (AvgIpc) is 2.86. The van der Waals surface area contributed by atoms with Crippen LogP contribution in [0.1, 0.15) is 27.7 Å². The Bertz CT molecular complexity index is 773. The maximum absolute atomic E-state index is 10.8. The summed E-state index contributed by atoms with van der Waals surface area (Å²) in [5.74, 6) is 0. The van der Waals surface area contributed by atoms with Gasteiger partial charge in [0.2, 0.25) is 0 Å². The van der Waals surface area contributed by atoms with Gasteiger partial charge in [0.15, 0.2) is 0 Å². The molecular formula is C15H17BClNO4S. The molecular weight excluding hydrogens is 337 g/mol. The van der Waals surface area contributed by atoms with Gasteiger partial charge in [0.25, 0.3) is 0 Å². The molecule has 1 saturated heterocycles. The summed E-state index contributed by atoms with van der Waals surface area (Å²) < 4.78 is 13.1. The lowest BCUT2D eigenvalue weighted by Crippen LogP contribution is -2.41. The fourth-order valence-corrected chi connectivity index (χ4v) is 3.69. The fourth-order valence-electron chi connectivity index (χ4n) is 2.47. The molecule has 122 valence electrons. The first kappa shape index (κ1) is 16.6. The molecule has 0 radical (unpaired) electrons. The van der Waals surface area contributed by atoms with Gasteiger partial charge < -0.3 is 14.4 Å². The fraction of sp³-hybridized carbons (Fsp3) is 0.400. The number of carboxylic acid groups (broad SMARTS) is 1. The Morgan fingerprint density at radius 2 is 1.87 bits per heavy atom. The summed E-state index contributed by atoms with van der Waals surface area (Å²) in [4.78, 5) is 10.8. The molecule has 1 fully saturated rings. The van der Waals surface area contributed by atoms with E-state index in [1.807, 2.05) is 33.8 Å². The molecule has 0 aliphatic carbocycles. The molecule has 0 unspecified atom stereocenters. The van der Waals surface area contributed by atoms with Gasteiger partial charge >= 0.3 is 13.2 Å². The monoisotopic (exact) mass is 353 g/mol. The Hall–Kier alpha value is -1.28. The summed E-state index contributed by atoms with van der Waals surface area (Å²) in [6, 6.07) is 5.41. The second-order valence-corrected chi connectivity index (χ2v) is 7.99. The van der Waals surface area contributed by atoms with Crippen LogP contribution in [-0.4, -0.2) is 29.5 Å². The van der Waals surface area contributed by atoms with Crippen molar-refractivity contribution >= 4 is 56.7 Å². The number of fused-ring (bicyclic) bond motifs is 1. The highest BCUT2D eigenvalue weighted by atomic mass is 35.5. The summed E-state index contributed by atoms with van der Waals surface area (Å²) in [7, 11) is -0.594. The van der Waals surface area contributed by atoms with Gasteiger partial charge in [-0.3, -0.25) is 5.32 Å². The number of benzene rings is 1. The Kier molecular flexibility index (Phi) is 3.88. The van der Waals surface area contributed by atoms with Crippen LogP contribution in [-0.2, 0) is 9.31 Å². The molecule has 1 aliphatic heterocycles. The lowest BCUT2D eigenvalue weighted by molar-refractivity contribution is 0.00578. The lowest BCUT2D eigenvalue weighted by atomic mass is 9.77. The minimum Gasteiger partial charge on any atom is -0.465 e. The van der Waals surface area contributed by atoms with Crippen molar-refractivity contribution in [2.24, 2.45) is 0 Å². The minimum atomic E-state index is -1.10. The summed E-state index contributed by atoms with van der Waals surface area (Å²) >= 11 is 7.74. The van der Waals surface area contributed by atoms with E-state index in [9.17, 15) is 4.79 Å². The molecule has 2 heterocycles. The van der Waals surface area contributed by atoms with Gasteiger partial charge in [0.05, 0.1) is 16.2 Å². The highest BCUT2D eigenvalue weighted by Crippen LogP contribution is 2.39. The summed E-state index contributed by atoms with van der Waals surface area (Å²) in [6.45, 7) is 7.91. The SMILES string of the molecule is CC1(C)OB(c2c(Cl)ccc3sc(NC(=O)O)cc23)OC1(C)C. The second kappa shape index (κ2) is 5.38. The van der Waals surface area contributed by atoms with Gasteiger partial charge in [-0.1, -0.05) is 11.6 Å². The van der Waals surface area contributed by atoms with Crippen LogP contribution in [0.25, 0.3) is 10.1 Å². The van der Waals surface area contributed by atoms with Crippen LogP contribution in [0.15, 0.2) is 18.2 Å². The van der Waals surface area contributed by atoms with Crippen LogP contribution in [0.5, 0.6) is 0 Å². The van der Waals surface area contributed by atoms with Crippen molar-refractivity contribution in [2.45, 2.75) is 38.9 Å². The molecule has 1 aromatic heterocycles. The molecule has 2 N–H and O–H groups in total. The molecule has 0 atom stereocenters. The number of halogens is 1. The Morgan fingerprint density at radius 3 is 2.43 bits per heavy atom. The molecule has 0 bridgehead atoms. The Labute approximate surface area is 143 Å². The van der Waals surface area contributed by atoms with Gasteiger partial charge in [-0.25, -0.2) is 4.79 Å². The zero-order valence-electron chi connectivity index (χ0n) is 13.3. The van der Waals surface area contributed by atoms with Gasteiger partial charge in [-0.15, -0.1) is 11.3 Å². The summed E-state index contributed by atoms with van der Waals surface area (Å²) in [6.07, 6.45) is -1.10. The molecule has 8 heteroatoms. The highest BCUT2D eigenvalue weighted by Gasteiger charge is 2.52. The van der Waals surface area contributed by atoms with Crippen molar-refractivity contribution in [1.82, 2.24) is 0 Å². The highest BCUT2D eigenvalue weighted by molar-refractivity contribution is 7.23. The third kappa shape index (κ3) is 2.82. The summed E-state index contributed by atoms with van der Waals surface area (Å²) in [5.41, 5.74) is -0.208. The Morgan fingerprint density at radius 1 is 1.26 bits per heavy atom. The molecule has 1 aromatic carbocycles. The van der Waals surface area contributed by atoms with Gasteiger partial charge in [-0.2, -0.15) is 0 Å². The van der Waals surface area contributed by atoms with Crippen molar-refractivity contribution in [3.63, 3.8) is 0 Å². The maximum atomic E-state index is 10.8. The van der Waals surface area contributed by atoms with E-state index in [0.717, 1.165) is 15.5 Å². The molecule has 23 heavy (non-hydrogen) atoms. The average molecular weight is 354 g/mol. The number of rotatable bonds is 2. The zero-order valence-corrected chi connectivity index (χ0v) is 14.8. The maximum Gasteiger partial charge on any atom is 0.497 e. The topological polar surface area (TPSA) is 67.8 Å². The number of nitrogens with one attached hydrogen (secondary N) is 1. The molecule has 2 aromatic rings. The lowest BCUT2D eigenvalue weighted by Gasteiger charge is -2.32. The standard InChI is InChI=1S/C15H17BClNO4S/c1-14(2)15(3,4)22-16(21-14)12-8-7-11(18-13(19)20)23-10(8)6-5-9(12)17/h5-7,18H,1-4H3,(H,19,20). The van der Waals surface area contributed by atoms with Crippen LogP contribution in [0.3, 0.4) is 0 Å². The second-order valence-electron chi connectivity index (χ2n) is 6.50. The summed E-state index contributed by atoms with van der Waals surface area (Å²) in [5, 5.41) is 13.2. The van der Waals surface area contributed by atoms with Crippen LogP contribution in [0.4, 0.5) is 9.80 Å². The first-order chi connectivity index (χ1) is 10.6. The number of thiophene rings is 1. The van der Waals surface area contributed by atoms with Crippen LogP contribution in [0.2, 0.25) is 5.02 Å². The predicted octanol–water partition coefficient (Wildman–Crippen LogP) is 3.94. The number of anilines is 1. The largest absolute Gasteiger partial charge is 0.497 e. The minimum absolute atomic E-state index is 0.471. The predicted molar refractivity (Wildman–Crippen MR) is 94.2 cm³/mol. The molecule has 5 nitrogen and oxygen atoms in total. The van der Waals surface area contributed by atoms with E-state index in [1.165, 1.54) is 11.3 Å². The van der Waals surface area contributed by atoms with Gasteiger partial charge in [-0.05, 0) is 51.3 Å². The molecule has 1 amide bonds. The molecule has 3 rings (SSSR count). The quantitative estimate of drug-likeness (QED) is 0.802. The van der Waals surface area contributed by atoms with E-state index < -0.39 is 24.4 Å². The van der Waals surface area contributed by atoms with Crippen molar-refractivity contribution in [2.75, 3.05) is 5.32 Å². The van der Waals surface area contributed by atoms with Crippen LogP contribution < -0.4 is 10.8 Å².